The predicted molar refractivity (Wildman–Crippen MR) is 42.6 cm³/mol. The summed E-state index contributed by atoms with van der Waals surface area (Å²) < 4.78 is 28.4. The molecule has 3 heteroatoms. The molecule has 0 aromatic heterocycles. The van der Waals surface area contributed by atoms with Crippen LogP contribution in [0, 0.1) is 23.9 Å². The minimum atomic E-state index is -1.44. The van der Waals surface area contributed by atoms with Crippen LogP contribution in [-0.4, -0.2) is 4.92 Å². The Morgan fingerprint density at radius 3 is 2.91 bits per heavy atom. The summed E-state index contributed by atoms with van der Waals surface area (Å²) in [5.74, 6) is 0. The fraction of sp³-hybridized carbons (Fsp3) is 0.250. The summed E-state index contributed by atoms with van der Waals surface area (Å²) in [6.45, 7) is -2.73. The monoisotopic (exact) mass is 155 g/mol. The fourth-order valence-electron chi connectivity index (χ4n) is 0.719. The van der Waals surface area contributed by atoms with Crippen molar-refractivity contribution in [3.8, 4) is 0 Å². The Balaban J connectivity index is 3.27. The first-order chi connectivity index (χ1) is 6.93. The van der Waals surface area contributed by atoms with Gasteiger partial charge < -0.3 is 0 Å². The van der Waals surface area contributed by atoms with Crippen molar-refractivity contribution in [2.75, 3.05) is 0 Å². The number of hydrogen-bond acceptors (Lipinski definition) is 2. The molecule has 0 saturated carbocycles. The Kier molecular flexibility index (Phi) is 0.945. The normalized spacial score (nSPS) is 15.5. The molecule has 0 unspecified atom stereocenters. The van der Waals surface area contributed by atoms with E-state index in [1.165, 1.54) is 12.1 Å². The van der Waals surface area contributed by atoms with Crippen molar-refractivity contribution in [2.24, 2.45) is 0 Å². The zero-order valence-electron chi connectivity index (χ0n) is 9.65. The third-order valence-electron chi connectivity index (χ3n) is 1.25. The van der Waals surface area contributed by atoms with E-state index in [0.717, 1.165) is 6.07 Å². The second-order valence-corrected chi connectivity index (χ2v) is 2.08. The predicted octanol–water partition coefficient (Wildman–Crippen LogP) is 2.21. The second kappa shape index (κ2) is 2.70. The van der Waals surface area contributed by atoms with Gasteiger partial charge in [-0.1, -0.05) is 12.1 Å². The molecule has 0 saturated heterocycles. The van der Waals surface area contributed by atoms with Crippen LogP contribution < -0.4 is 0 Å². The van der Waals surface area contributed by atoms with Gasteiger partial charge in [0, 0.05) is 17.1 Å². The first-order valence-electron chi connectivity index (χ1n) is 5.21. The number of rotatable bonds is 1. The summed E-state index contributed by atoms with van der Waals surface area (Å²) in [6, 6.07) is 3.70. The summed E-state index contributed by atoms with van der Waals surface area (Å²) in [5, 5.41) is 10.6. The fourth-order valence-corrected chi connectivity index (χ4v) is 0.719. The highest BCUT2D eigenvalue weighted by molar-refractivity contribution is 5.41. The first-order valence-corrected chi connectivity index (χ1v) is 2.90. The molecule has 0 aliphatic carbocycles. The highest BCUT2D eigenvalue weighted by Crippen LogP contribution is 2.18. The third kappa shape index (κ3) is 1.55. The van der Waals surface area contributed by atoms with Gasteiger partial charge in [0.1, 0.15) is 0 Å². The average molecular weight is 155 g/mol. The molecule has 3 nitrogen and oxygen atoms in total. The maximum Gasteiger partial charge on any atom is 0.272 e. The van der Waals surface area contributed by atoms with Crippen molar-refractivity contribution in [2.45, 2.75) is 13.8 Å². The highest BCUT2D eigenvalue weighted by Gasteiger charge is 2.08. The molecule has 0 heterocycles. The largest absolute Gasteiger partial charge is 0.272 e. The number of hydrogen-bond donors (Lipinski definition) is 0. The lowest BCUT2D eigenvalue weighted by Crippen LogP contribution is -1.91. The van der Waals surface area contributed by atoms with E-state index in [1.807, 2.05) is 0 Å². The van der Waals surface area contributed by atoms with Crippen LogP contribution in [0.3, 0.4) is 0 Å². The van der Waals surface area contributed by atoms with E-state index in [1.54, 1.807) is 0 Å². The molecule has 11 heavy (non-hydrogen) atoms. The summed E-state index contributed by atoms with van der Waals surface area (Å²) >= 11 is 0. The molecular weight excluding hydrogens is 142 g/mol. The Labute approximate surface area is 70.4 Å². The Hall–Kier alpha value is -1.38. The lowest BCUT2D eigenvalue weighted by atomic mass is 10.1. The van der Waals surface area contributed by atoms with Crippen LogP contribution in [0.1, 0.15) is 16.6 Å². The van der Waals surface area contributed by atoms with Gasteiger partial charge in [-0.05, 0) is 19.3 Å². The molecule has 0 aliphatic rings. The van der Waals surface area contributed by atoms with E-state index < -0.39 is 18.7 Å². The van der Waals surface area contributed by atoms with Crippen LogP contribution in [0.4, 0.5) is 5.69 Å². The van der Waals surface area contributed by atoms with Crippen molar-refractivity contribution >= 4 is 5.69 Å². The molecule has 0 bridgehead atoms. The van der Waals surface area contributed by atoms with Gasteiger partial charge in [0.25, 0.3) is 5.69 Å². The van der Waals surface area contributed by atoms with Gasteiger partial charge in [-0.25, -0.2) is 0 Å². The number of nitro groups is 1. The molecule has 1 aromatic carbocycles. The molecule has 0 spiro atoms. The average Bonchev–Trinajstić information content (AvgIpc) is 2.16. The van der Waals surface area contributed by atoms with Crippen molar-refractivity contribution < 1.29 is 10.4 Å². The van der Waals surface area contributed by atoms with Gasteiger partial charge in [0.05, 0.1) is 4.92 Å². The van der Waals surface area contributed by atoms with Crippen molar-refractivity contribution in [1.82, 2.24) is 0 Å². The number of nitro benzene ring substituents is 1. The van der Waals surface area contributed by atoms with Crippen molar-refractivity contribution in [3.05, 3.63) is 39.4 Å². The van der Waals surface area contributed by atoms with Crippen LogP contribution in [0.15, 0.2) is 18.2 Å². The molecule has 1 aromatic rings. The van der Waals surface area contributed by atoms with Crippen LogP contribution >= 0.6 is 0 Å². The Bertz CT molecular complexity index is 381. The van der Waals surface area contributed by atoms with Crippen LogP contribution in [-0.2, 0) is 0 Å². The van der Waals surface area contributed by atoms with Gasteiger partial charge >= 0.3 is 0 Å². The molecule has 0 amide bonds. The first kappa shape index (κ1) is 3.85. The molecular formula is C8H9NO2. The zero-order chi connectivity index (χ0) is 11.6. The number of benzene rings is 1. The Morgan fingerprint density at radius 2 is 2.36 bits per heavy atom. The van der Waals surface area contributed by atoms with Gasteiger partial charge in [-0.3, -0.25) is 10.1 Å². The number of aryl methyl sites for hydroxylation is 2. The lowest BCUT2D eigenvalue weighted by molar-refractivity contribution is -0.385. The summed E-state index contributed by atoms with van der Waals surface area (Å²) in [7, 11) is 0. The van der Waals surface area contributed by atoms with E-state index in [9.17, 15) is 10.1 Å². The van der Waals surface area contributed by atoms with Crippen molar-refractivity contribution in [1.29, 1.82) is 0 Å². The van der Waals surface area contributed by atoms with E-state index in [-0.39, 0.29) is 16.8 Å². The van der Waals surface area contributed by atoms with Crippen LogP contribution in [0.2, 0.25) is 0 Å². The molecule has 0 aliphatic heterocycles. The molecule has 1 rings (SSSR count). The maximum atomic E-state index is 10.6. The summed E-state index contributed by atoms with van der Waals surface area (Å²) in [6.07, 6.45) is 0. The maximum absolute atomic E-state index is 10.6. The van der Waals surface area contributed by atoms with Crippen molar-refractivity contribution in [3.63, 3.8) is 0 Å². The quantitative estimate of drug-likeness (QED) is 0.461. The SMILES string of the molecule is [2H]C([2H])c1ccc(C([2H])[2H])c([N+](=O)[O-])c1. The molecule has 0 radical (unpaired) electrons. The van der Waals surface area contributed by atoms with E-state index in [0.29, 0.717) is 0 Å². The highest BCUT2D eigenvalue weighted by atomic mass is 16.6. The van der Waals surface area contributed by atoms with E-state index >= 15 is 0 Å². The van der Waals surface area contributed by atoms with Crippen LogP contribution in [0.25, 0.3) is 0 Å². The summed E-state index contributed by atoms with van der Waals surface area (Å²) in [4.78, 5) is 9.92. The third-order valence-corrected chi connectivity index (χ3v) is 1.25. The standard InChI is InChI=1S/C8H9NO2/c1-6-3-4-7(2)8(5-6)9(10)11/h3-5H,1-2H3/i1D2,2D2. The Morgan fingerprint density at radius 1 is 1.55 bits per heavy atom. The second-order valence-electron chi connectivity index (χ2n) is 2.08. The zero-order valence-corrected chi connectivity index (χ0v) is 5.65. The smallest absolute Gasteiger partial charge is 0.258 e. The minimum absolute atomic E-state index is 0.0237. The van der Waals surface area contributed by atoms with Gasteiger partial charge in [-0.15, -0.1) is 0 Å². The molecule has 0 fully saturated rings. The topological polar surface area (TPSA) is 43.1 Å². The summed E-state index contributed by atoms with van der Waals surface area (Å²) in [5.41, 5.74) is -0.206. The van der Waals surface area contributed by atoms with Gasteiger partial charge in [0.15, 0.2) is 0 Å². The lowest BCUT2D eigenvalue weighted by Gasteiger charge is -1.96. The van der Waals surface area contributed by atoms with E-state index in [4.69, 9.17) is 5.48 Å². The molecule has 0 atom stereocenters. The minimum Gasteiger partial charge on any atom is -0.258 e. The van der Waals surface area contributed by atoms with Crippen LogP contribution in [0.5, 0.6) is 0 Å². The van der Waals surface area contributed by atoms with Gasteiger partial charge in [-0.2, -0.15) is 0 Å². The van der Waals surface area contributed by atoms with E-state index in [2.05, 4.69) is 0 Å². The molecule has 58 valence electrons. The van der Waals surface area contributed by atoms with Gasteiger partial charge in [0.2, 0.25) is 0 Å². The molecule has 0 N–H and O–H groups in total. The number of nitrogens with zero attached hydrogens (tertiary/aromatic N) is 1.